The van der Waals surface area contributed by atoms with Gasteiger partial charge in [0.2, 0.25) is 0 Å². The van der Waals surface area contributed by atoms with Crippen molar-refractivity contribution in [1.82, 2.24) is 10.9 Å². The first-order valence-electron chi connectivity index (χ1n) is 7.26. The summed E-state index contributed by atoms with van der Waals surface area (Å²) in [7, 11) is -3.39. The van der Waals surface area contributed by atoms with Crippen molar-refractivity contribution in [3.63, 3.8) is 0 Å². The maximum atomic E-state index is 12.1. The van der Waals surface area contributed by atoms with Gasteiger partial charge in [-0.3, -0.25) is 30.6 Å². The largest absolute Gasteiger partial charge is 0.285 e. The zero-order valence-electron chi connectivity index (χ0n) is 13.8. The number of amides is 2. The molecule has 0 bridgehead atoms. The molecular formula is C16H15N3O6S. The van der Waals surface area contributed by atoms with E-state index in [0.29, 0.717) is 5.56 Å². The lowest BCUT2D eigenvalue weighted by molar-refractivity contribution is -0.385. The van der Waals surface area contributed by atoms with E-state index in [4.69, 9.17) is 0 Å². The quantitative estimate of drug-likeness (QED) is 0.610. The van der Waals surface area contributed by atoms with Crippen LogP contribution >= 0.6 is 0 Å². The number of aryl methyl sites for hydroxylation is 1. The number of para-hydroxylation sites is 1. The van der Waals surface area contributed by atoms with E-state index in [9.17, 15) is 28.1 Å². The van der Waals surface area contributed by atoms with E-state index in [0.717, 1.165) is 6.26 Å². The third-order valence-electron chi connectivity index (χ3n) is 3.50. The summed E-state index contributed by atoms with van der Waals surface area (Å²) in [5, 5.41) is 11.1. The predicted octanol–water partition coefficient (Wildman–Crippen LogP) is 1.38. The Hall–Kier alpha value is -3.27. The fourth-order valence-corrected chi connectivity index (χ4v) is 2.82. The van der Waals surface area contributed by atoms with E-state index in [1.807, 2.05) is 0 Å². The summed E-state index contributed by atoms with van der Waals surface area (Å²) in [6, 6.07) is 9.35. The van der Waals surface area contributed by atoms with Gasteiger partial charge >= 0.3 is 0 Å². The Bertz CT molecular complexity index is 984. The Balaban J connectivity index is 2.12. The topological polar surface area (TPSA) is 135 Å². The van der Waals surface area contributed by atoms with Gasteiger partial charge in [0.05, 0.1) is 9.82 Å². The van der Waals surface area contributed by atoms with E-state index >= 15 is 0 Å². The SMILES string of the molecule is Cc1cccc(C(=O)NNC(=O)c2ccc(S(C)(=O)=O)cc2)c1[N+](=O)[O-]. The Labute approximate surface area is 149 Å². The van der Waals surface area contributed by atoms with Gasteiger partial charge in [0, 0.05) is 17.4 Å². The Morgan fingerprint density at radius 3 is 2.12 bits per heavy atom. The lowest BCUT2D eigenvalue weighted by Gasteiger charge is -2.09. The number of carbonyl (C=O) groups is 2. The monoisotopic (exact) mass is 377 g/mol. The average molecular weight is 377 g/mol. The molecule has 2 aromatic rings. The van der Waals surface area contributed by atoms with E-state index in [1.54, 1.807) is 0 Å². The summed E-state index contributed by atoms with van der Waals surface area (Å²) in [6.07, 6.45) is 1.04. The van der Waals surface area contributed by atoms with Crippen LogP contribution in [-0.2, 0) is 9.84 Å². The molecule has 2 amide bonds. The number of nitro groups is 1. The number of nitrogens with one attached hydrogen (secondary N) is 2. The van der Waals surface area contributed by atoms with Crippen molar-refractivity contribution in [2.45, 2.75) is 11.8 Å². The number of carbonyl (C=O) groups excluding carboxylic acids is 2. The van der Waals surface area contributed by atoms with E-state index in [1.165, 1.54) is 49.4 Å². The molecule has 0 saturated heterocycles. The van der Waals surface area contributed by atoms with Gasteiger partial charge in [0.25, 0.3) is 17.5 Å². The van der Waals surface area contributed by atoms with Crippen molar-refractivity contribution in [2.75, 3.05) is 6.26 Å². The molecule has 0 aromatic heterocycles. The van der Waals surface area contributed by atoms with Crippen LogP contribution in [0.5, 0.6) is 0 Å². The number of hydrogen-bond donors (Lipinski definition) is 2. The second-order valence-corrected chi connectivity index (χ2v) is 7.45. The summed E-state index contributed by atoms with van der Waals surface area (Å²) in [4.78, 5) is 34.6. The first-order valence-corrected chi connectivity index (χ1v) is 9.15. The van der Waals surface area contributed by atoms with Gasteiger partial charge in [-0.2, -0.15) is 0 Å². The molecule has 0 aliphatic heterocycles. The number of hydrazine groups is 1. The molecule has 2 N–H and O–H groups in total. The van der Waals surface area contributed by atoms with Crippen LogP contribution in [0.4, 0.5) is 5.69 Å². The molecule has 0 spiro atoms. The highest BCUT2D eigenvalue weighted by Gasteiger charge is 2.22. The first-order chi connectivity index (χ1) is 12.1. The van der Waals surface area contributed by atoms with Crippen molar-refractivity contribution in [2.24, 2.45) is 0 Å². The zero-order valence-corrected chi connectivity index (χ0v) is 14.7. The second kappa shape index (κ2) is 7.31. The molecule has 0 unspecified atom stereocenters. The predicted molar refractivity (Wildman–Crippen MR) is 92.3 cm³/mol. The molecular weight excluding hydrogens is 362 g/mol. The van der Waals surface area contributed by atoms with Gasteiger partial charge in [-0.05, 0) is 37.3 Å². The molecule has 0 aliphatic carbocycles. The molecule has 26 heavy (non-hydrogen) atoms. The lowest BCUT2D eigenvalue weighted by Crippen LogP contribution is -2.41. The van der Waals surface area contributed by atoms with E-state index in [2.05, 4.69) is 10.9 Å². The van der Waals surface area contributed by atoms with Crippen molar-refractivity contribution in [3.8, 4) is 0 Å². The maximum Gasteiger partial charge on any atom is 0.285 e. The molecule has 10 heteroatoms. The molecule has 136 valence electrons. The van der Waals surface area contributed by atoms with Gasteiger partial charge < -0.3 is 0 Å². The van der Waals surface area contributed by atoms with Crippen LogP contribution in [-0.4, -0.2) is 31.4 Å². The second-order valence-electron chi connectivity index (χ2n) is 5.43. The van der Waals surface area contributed by atoms with Crippen molar-refractivity contribution in [1.29, 1.82) is 0 Å². The highest BCUT2D eigenvalue weighted by Crippen LogP contribution is 2.22. The molecule has 9 nitrogen and oxygen atoms in total. The standard InChI is InChI=1S/C16H15N3O6S/c1-10-4-3-5-13(14(10)19(22)23)16(21)18-17-15(20)11-6-8-12(9-7-11)26(2,24)25/h3-9H,1-2H3,(H,17,20)(H,18,21). The fraction of sp³-hybridized carbons (Fsp3) is 0.125. The highest BCUT2D eigenvalue weighted by atomic mass is 32.2. The van der Waals surface area contributed by atoms with Crippen LogP contribution in [0, 0.1) is 17.0 Å². The summed E-state index contributed by atoms with van der Waals surface area (Å²) < 4.78 is 22.8. The van der Waals surface area contributed by atoms with Crippen LogP contribution in [0.1, 0.15) is 26.3 Å². The number of nitro benzene ring substituents is 1. The molecule has 2 aromatic carbocycles. The van der Waals surface area contributed by atoms with Crippen molar-refractivity contribution >= 4 is 27.3 Å². The van der Waals surface area contributed by atoms with Crippen LogP contribution in [0.2, 0.25) is 0 Å². The molecule has 0 radical (unpaired) electrons. The molecule has 0 atom stereocenters. The minimum Gasteiger partial charge on any atom is -0.267 e. The molecule has 0 aliphatic rings. The van der Waals surface area contributed by atoms with Crippen LogP contribution in [0.3, 0.4) is 0 Å². The van der Waals surface area contributed by atoms with Crippen LogP contribution < -0.4 is 10.9 Å². The lowest BCUT2D eigenvalue weighted by atomic mass is 10.1. The van der Waals surface area contributed by atoms with Gasteiger partial charge in [0.1, 0.15) is 5.56 Å². The summed E-state index contributed by atoms with van der Waals surface area (Å²) >= 11 is 0. The first kappa shape index (κ1) is 19.1. The Morgan fingerprint density at radius 1 is 1.00 bits per heavy atom. The Morgan fingerprint density at radius 2 is 1.58 bits per heavy atom. The minimum absolute atomic E-state index is 0.0495. The smallest absolute Gasteiger partial charge is 0.267 e. The minimum atomic E-state index is -3.39. The molecule has 0 saturated carbocycles. The van der Waals surface area contributed by atoms with Crippen LogP contribution in [0.15, 0.2) is 47.4 Å². The van der Waals surface area contributed by atoms with Crippen molar-refractivity contribution in [3.05, 3.63) is 69.3 Å². The van der Waals surface area contributed by atoms with Gasteiger partial charge in [0.15, 0.2) is 9.84 Å². The fourth-order valence-electron chi connectivity index (χ4n) is 2.19. The number of benzene rings is 2. The zero-order chi connectivity index (χ0) is 19.5. The molecule has 0 fully saturated rings. The van der Waals surface area contributed by atoms with Gasteiger partial charge in [-0.1, -0.05) is 12.1 Å². The average Bonchev–Trinajstić information content (AvgIpc) is 2.58. The normalized spacial score (nSPS) is 10.8. The van der Waals surface area contributed by atoms with Gasteiger partial charge in [-0.15, -0.1) is 0 Å². The maximum absolute atomic E-state index is 12.1. The summed E-state index contributed by atoms with van der Waals surface area (Å²) in [5.74, 6) is -1.55. The van der Waals surface area contributed by atoms with E-state index < -0.39 is 26.6 Å². The van der Waals surface area contributed by atoms with Gasteiger partial charge in [-0.25, -0.2) is 8.42 Å². The number of rotatable bonds is 4. The molecule has 0 heterocycles. The summed E-state index contributed by atoms with van der Waals surface area (Å²) in [6.45, 7) is 1.50. The van der Waals surface area contributed by atoms with E-state index in [-0.39, 0.29) is 21.7 Å². The number of sulfone groups is 1. The van der Waals surface area contributed by atoms with Crippen LogP contribution in [0.25, 0.3) is 0 Å². The van der Waals surface area contributed by atoms with Crippen molar-refractivity contribution < 1.29 is 22.9 Å². The number of hydrogen-bond acceptors (Lipinski definition) is 6. The number of nitrogens with zero attached hydrogens (tertiary/aromatic N) is 1. The third kappa shape index (κ3) is 4.22. The Kier molecular flexibility index (Phi) is 5.36. The summed E-state index contributed by atoms with van der Waals surface area (Å²) in [5.41, 5.74) is 4.11. The molecule has 2 rings (SSSR count). The highest BCUT2D eigenvalue weighted by molar-refractivity contribution is 7.90. The third-order valence-corrected chi connectivity index (χ3v) is 4.63.